The van der Waals surface area contributed by atoms with E-state index < -0.39 is 6.23 Å². The molecule has 0 saturated heterocycles. The predicted octanol–water partition coefficient (Wildman–Crippen LogP) is 5.42. The standard InChI is InChI=1S/C22H26FN3O2/c1-3-5-21(25-27)28-20-7-4-6-16-12-19-15(13-22(16,20)2)14-24-26(19)18-10-8-17(23)9-11-18/h8-12,14,20-21H,3-7,13H2,1-2H3. The molecule has 6 heteroatoms. The van der Waals surface area contributed by atoms with E-state index in [-0.39, 0.29) is 17.3 Å². The summed E-state index contributed by atoms with van der Waals surface area (Å²) in [5.41, 5.74) is 4.23. The third-order valence-corrected chi connectivity index (χ3v) is 6.16. The Morgan fingerprint density at radius 2 is 2.18 bits per heavy atom. The SMILES string of the molecule is CCCC(N=O)OC1CCCC2=Cc3c(cnn3-c3ccc(F)cc3)CC21C. The predicted molar refractivity (Wildman–Crippen MR) is 107 cm³/mol. The Hall–Kier alpha value is -2.34. The van der Waals surface area contributed by atoms with Crippen molar-refractivity contribution in [2.24, 2.45) is 10.6 Å². The summed E-state index contributed by atoms with van der Waals surface area (Å²) in [5, 5.41) is 7.76. The Kier molecular flexibility index (Phi) is 5.15. The summed E-state index contributed by atoms with van der Waals surface area (Å²) in [4.78, 5) is 11.2. The van der Waals surface area contributed by atoms with E-state index in [9.17, 15) is 9.30 Å². The monoisotopic (exact) mass is 383 g/mol. The van der Waals surface area contributed by atoms with Gasteiger partial charge in [0.15, 0.2) is 6.23 Å². The molecule has 1 heterocycles. The topological polar surface area (TPSA) is 56.5 Å². The summed E-state index contributed by atoms with van der Waals surface area (Å²) in [6.45, 7) is 4.26. The minimum Gasteiger partial charge on any atom is -0.349 e. The molecule has 1 aromatic carbocycles. The zero-order chi connectivity index (χ0) is 19.7. The quantitative estimate of drug-likeness (QED) is 0.626. The average Bonchev–Trinajstić information content (AvgIpc) is 3.09. The minimum absolute atomic E-state index is 0.0240. The molecule has 2 aliphatic carbocycles. The van der Waals surface area contributed by atoms with Gasteiger partial charge in [-0.1, -0.05) is 25.8 Å². The highest BCUT2D eigenvalue weighted by Gasteiger charge is 2.45. The van der Waals surface area contributed by atoms with Crippen LogP contribution in [0.4, 0.5) is 4.39 Å². The Bertz CT molecular complexity index is 890. The van der Waals surface area contributed by atoms with E-state index in [1.807, 2.05) is 17.8 Å². The summed E-state index contributed by atoms with van der Waals surface area (Å²) in [5.74, 6) is -0.256. The van der Waals surface area contributed by atoms with Crippen molar-refractivity contribution in [3.63, 3.8) is 0 Å². The number of rotatable bonds is 6. The van der Waals surface area contributed by atoms with Gasteiger partial charge in [0.25, 0.3) is 0 Å². The van der Waals surface area contributed by atoms with Crippen LogP contribution in [0.1, 0.15) is 57.2 Å². The lowest BCUT2D eigenvalue weighted by Crippen LogP contribution is -2.44. The number of nitroso groups, excluding NO2 is 1. The molecule has 2 aromatic rings. The number of hydrogen-bond acceptors (Lipinski definition) is 4. The van der Waals surface area contributed by atoms with E-state index in [4.69, 9.17) is 4.74 Å². The Morgan fingerprint density at radius 3 is 2.89 bits per heavy atom. The molecule has 1 saturated carbocycles. The average molecular weight is 383 g/mol. The second kappa shape index (κ2) is 7.59. The van der Waals surface area contributed by atoms with Crippen molar-refractivity contribution in [2.75, 3.05) is 0 Å². The maximum Gasteiger partial charge on any atom is 0.189 e. The van der Waals surface area contributed by atoms with Gasteiger partial charge in [-0.15, -0.1) is 4.91 Å². The molecule has 28 heavy (non-hydrogen) atoms. The molecule has 0 N–H and O–H groups in total. The smallest absolute Gasteiger partial charge is 0.189 e. The van der Waals surface area contributed by atoms with Crippen LogP contribution in [-0.4, -0.2) is 22.1 Å². The molecular formula is C22H26FN3O2. The van der Waals surface area contributed by atoms with Gasteiger partial charge in [-0.05, 0) is 73.2 Å². The van der Waals surface area contributed by atoms with Gasteiger partial charge in [0, 0.05) is 5.41 Å². The van der Waals surface area contributed by atoms with Gasteiger partial charge < -0.3 is 4.74 Å². The van der Waals surface area contributed by atoms with Crippen LogP contribution in [-0.2, 0) is 11.2 Å². The molecule has 1 fully saturated rings. The van der Waals surface area contributed by atoms with Crippen LogP contribution in [0.2, 0.25) is 0 Å². The highest BCUT2D eigenvalue weighted by atomic mass is 19.1. The number of benzene rings is 1. The molecule has 0 spiro atoms. The first kappa shape index (κ1) is 19.0. The van der Waals surface area contributed by atoms with Crippen molar-refractivity contribution >= 4 is 6.08 Å². The molecule has 4 rings (SSSR count). The molecule has 5 nitrogen and oxygen atoms in total. The summed E-state index contributed by atoms with van der Waals surface area (Å²) in [6, 6.07) is 6.39. The Balaban J connectivity index is 1.66. The number of ether oxygens (including phenoxy) is 1. The van der Waals surface area contributed by atoms with Crippen LogP contribution in [0.25, 0.3) is 11.8 Å². The molecule has 0 radical (unpaired) electrons. The summed E-state index contributed by atoms with van der Waals surface area (Å²) in [6.07, 6.45) is 8.83. The van der Waals surface area contributed by atoms with Gasteiger partial charge in [-0.25, -0.2) is 9.07 Å². The summed E-state index contributed by atoms with van der Waals surface area (Å²) < 4.78 is 21.3. The van der Waals surface area contributed by atoms with Crippen LogP contribution >= 0.6 is 0 Å². The number of aromatic nitrogens is 2. The fourth-order valence-electron chi connectivity index (χ4n) is 4.58. The third kappa shape index (κ3) is 3.30. The highest BCUT2D eigenvalue weighted by molar-refractivity contribution is 5.61. The molecule has 1 aromatic heterocycles. The second-order valence-corrected chi connectivity index (χ2v) is 8.07. The first-order chi connectivity index (χ1) is 13.5. The fraction of sp³-hybridized carbons (Fsp3) is 0.500. The van der Waals surface area contributed by atoms with Crippen LogP contribution in [0.5, 0.6) is 0 Å². The molecule has 148 valence electrons. The normalized spacial score (nSPS) is 24.8. The maximum absolute atomic E-state index is 13.3. The molecule has 2 aliphatic rings. The van der Waals surface area contributed by atoms with Crippen molar-refractivity contribution < 1.29 is 9.13 Å². The van der Waals surface area contributed by atoms with Gasteiger partial charge >= 0.3 is 0 Å². The molecule has 0 amide bonds. The van der Waals surface area contributed by atoms with Crippen molar-refractivity contribution in [2.45, 2.75) is 64.7 Å². The zero-order valence-corrected chi connectivity index (χ0v) is 16.4. The Morgan fingerprint density at radius 1 is 1.39 bits per heavy atom. The van der Waals surface area contributed by atoms with E-state index in [0.29, 0.717) is 6.42 Å². The first-order valence-corrected chi connectivity index (χ1v) is 10.1. The minimum atomic E-state index is -0.575. The van der Waals surface area contributed by atoms with Gasteiger partial charge in [0.1, 0.15) is 5.82 Å². The van der Waals surface area contributed by atoms with E-state index in [0.717, 1.165) is 49.0 Å². The lowest BCUT2D eigenvalue weighted by atomic mass is 9.64. The molecule has 3 unspecified atom stereocenters. The molecular weight excluding hydrogens is 357 g/mol. The molecule has 0 bridgehead atoms. The second-order valence-electron chi connectivity index (χ2n) is 8.07. The van der Waals surface area contributed by atoms with Gasteiger partial charge in [0.2, 0.25) is 0 Å². The summed E-state index contributed by atoms with van der Waals surface area (Å²) in [7, 11) is 0. The molecule has 0 aliphatic heterocycles. The lowest BCUT2D eigenvalue weighted by molar-refractivity contribution is -0.0790. The van der Waals surface area contributed by atoms with Crippen molar-refractivity contribution in [3.8, 4) is 5.69 Å². The van der Waals surface area contributed by atoms with Crippen LogP contribution in [0.15, 0.2) is 41.2 Å². The summed E-state index contributed by atoms with van der Waals surface area (Å²) >= 11 is 0. The van der Waals surface area contributed by atoms with Crippen LogP contribution < -0.4 is 0 Å². The maximum atomic E-state index is 13.3. The third-order valence-electron chi connectivity index (χ3n) is 6.16. The van der Waals surface area contributed by atoms with Gasteiger partial charge in [-0.2, -0.15) is 5.10 Å². The first-order valence-electron chi connectivity index (χ1n) is 10.1. The van der Waals surface area contributed by atoms with Gasteiger partial charge in [-0.3, -0.25) is 0 Å². The van der Waals surface area contributed by atoms with Crippen molar-refractivity contribution in [1.29, 1.82) is 0 Å². The largest absolute Gasteiger partial charge is 0.349 e. The fourth-order valence-corrected chi connectivity index (χ4v) is 4.58. The lowest BCUT2D eigenvalue weighted by Gasteiger charge is -2.45. The number of halogens is 1. The van der Waals surface area contributed by atoms with E-state index in [1.165, 1.54) is 17.7 Å². The highest BCUT2D eigenvalue weighted by Crippen LogP contribution is 2.49. The number of fused-ring (bicyclic) bond motifs is 2. The van der Waals surface area contributed by atoms with E-state index >= 15 is 0 Å². The number of nitrogens with zero attached hydrogens (tertiary/aromatic N) is 3. The molecule has 3 atom stereocenters. The van der Waals surface area contributed by atoms with Crippen LogP contribution in [0, 0.1) is 16.1 Å². The number of hydrogen-bond donors (Lipinski definition) is 0. The Labute approximate surface area is 164 Å². The van der Waals surface area contributed by atoms with E-state index in [1.54, 1.807) is 12.1 Å². The zero-order valence-electron chi connectivity index (χ0n) is 16.4. The van der Waals surface area contributed by atoms with E-state index in [2.05, 4.69) is 23.3 Å². The van der Waals surface area contributed by atoms with Gasteiger partial charge in [0.05, 0.1) is 23.7 Å². The van der Waals surface area contributed by atoms with Crippen LogP contribution in [0.3, 0.4) is 0 Å². The van der Waals surface area contributed by atoms with Crippen molar-refractivity contribution in [3.05, 3.63) is 58.0 Å². The van der Waals surface area contributed by atoms with Crippen molar-refractivity contribution in [1.82, 2.24) is 9.78 Å².